The van der Waals surface area contributed by atoms with Crippen molar-refractivity contribution in [2.24, 2.45) is 5.41 Å². The maximum absolute atomic E-state index is 12.2. The van der Waals surface area contributed by atoms with Crippen molar-refractivity contribution in [1.82, 2.24) is 4.98 Å². The van der Waals surface area contributed by atoms with E-state index in [1.54, 1.807) is 0 Å². The molecule has 1 aromatic rings. The molecule has 0 radical (unpaired) electrons. The summed E-state index contributed by atoms with van der Waals surface area (Å²) in [6, 6.07) is 0. The summed E-state index contributed by atoms with van der Waals surface area (Å²) in [5, 5.41) is 0.727. The zero-order valence-corrected chi connectivity index (χ0v) is 9.09. The van der Waals surface area contributed by atoms with Gasteiger partial charge >= 0.3 is 6.18 Å². The van der Waals surface area contributed by atoms with Crippen molar-refractivity contribution in [1.29, 1.82) is 0 Å². The van der Waals surface area contributed by atoms with Crippen molar-refractivity contribution >= 4 is 11.3 Å². The monoisotopic (exact) mass is 223 g/mol. The van der Waals surface area contributed by atoms with Crippen LogP contribution in [-0.4, -0.2) is 4.98 Å². The van der Waals surface area contributed by atoms with Gasteiger partial charge in [0.2, 0.25) is 0 Å². The first kappa shape index (κ1) is 11.5. The van der Waals surface area contributed by atoms with Crippen LogP contribution in [0, 0.1) is 5.41 Å². The normalized spacial score (nSPS) is 13.3. The minimum Gasteiger partial charge on any atom is -0.237 e. The summed E-state index contributed by atoms with van der Waals surface area (Å²) < 4.78 is 36.5. The SMILES string of the molecule is CC(C)(C)Cc1csc(C(F)(F)F)n1. The molecule has 1 nitrogen and oxygen atoms in total. The van der Waals surface area contributed by atoms with Gasteiger partial charge < -0.3 is 0 Å². The Morgan fingerprint density at radius 1 is 1.29 bits per heavy atom. The Hall–Kier alpha value is -0.580. The molecule has 0 amide bonds. The van der Waals surface area contributed by atoms with Gasteiger partial charge in [-0.25, -0.2) is 4.98 Å². The molecule has 5 heteroatoms. The number of alkyl halides is 3. The van der Waals surface area contributed by atoms with E-state index in [0.717, 1.165) is 0 Å². The van der Waals surface area contributed by atoms with Crippen LogP contribution in [0.4, 0.5) is 13.2 Å². The minimum absolute atomic E-state index is 0.0308. The van der Waals surface area contributed by atoms with Crippen molar-refractivity contribution < 1.29 is 13.2 Å². The Labute approximate surface area is 85.0 Å². The summed E-state index contributed by atoms with van der Waals surface area (Å²) in [7, 11) is 0. The van der Waals surface area contributed by atoms with E-state index in [-0.39, 0.29) is 5.41 Å². The molecule has 1 rings (SSSR count). The Bertz CT molecular complexity index is 309. The van der Waals surface area contributed by atoms with Gasteiger partial charge in [0.15, 0.2) is 5.01 Å². The molecule has 14 heavy (non-hydrogen) atoms. The summed E-state index contributed by atoms with van der Waals surface area (Å²) in [5.74, 6) is 0. The summed E-state index contributed by atoms with van der Waals surface area (Å²) >= 11 is 0.661. The highest BCUT2D eigenvalue weighted by atomic mass is 32.1. The smallest absolute Gasteiger partial charge is 0.237 e. The van der Waals surface area contributed by atoms with Crippen LogP contribution in [-0.2, 0) is 12.6 Å². The molecule has 0 unspecified atom stereocenters. The third-order valence-electron chi connectivity index (χ3n) is 1.51. The third-order valence-corrected chi connectivity index (χ3v) is 2.44. The van der Waals surface area contributed by atoms with Gasteiger partial charge in [0.1, 0.15) is 0 Å². The summed E-state index contributed by atoms with van der Waals surface area (Å²) in [6.45, 7) is 5.92. The Balaban J connectivity index is 2.79. The van der Waals surface area contributed by atoms with E-state index in [1.165, 1.54) is 5.38 Å². The molecule has 0 fully saturated rings. The minimum atomic E-state index is -4.30. The first-order chi connectivity index (χ1) is 6.18. The lowest BCUT2D eigenvalue weighted by Gasteiger charge is -2.15. The Morgan fingerprint density at radius 2 is 1.86 bits per heavy atom. The average molecular weight is 223 g/mol. The number of halogens is 3. The Kier molecular flexibility index (Phi) is 2.90. The second-order valence-corrected chi connectivity index (χ2v) is 5.24. The van der Waals surface area contributed by atoms with Crippen molar-refractivity contribution in [3.05, 3.63) is 16.1 Å². The van der Waals surface area contributed by atoms with Crippen LogP contribution in [0.5, 0.6) is 0 Å². The number of thiazole rings is 1. The second-order valence-electron chi connectivity index (χ2n) is 4.38. The summed E-state index contributed by atoms with van der Waals surface area (Å²) in [4.78, 5) is 3.56. The predicted molar refractivity (Wildman–Crippen MR) is 50.3 cm³/mol. The van der Waals surface area contributed by atoms with Gasteiger partial charge in [0, 0.05) is 5.38 Å². The fourth-order valence-electron chi connectivity index (χ4n) is 1.06. The van der Waals surface area contributed by atoms with Crippen LogP contribution in [0.1, 0.15) is 31.5 Å². The highest BCUT2D eigenvalue weighted by Gasteiger charge is 2.34. The van der Waals surface area contributed by atoms with Crippen LogP contribution in [0.25, 0.3) is 0 Å². The van der Waals surface area contributed by atoms with E-state index >= 15 is 0 Å². The van der Waals surface area contributed by atoms with E-state index in [1.807, 2.05) is 20.8 Å². The van der Waals surface area contributed by atoms with Crippen molar-refractivity contribution in [3.8, 4) is 0 Å². The molecule has 0 saturated carbocycles. The first-order valence-electron chi connectivity index (χ1n) is 4.20. The maximum Gasteiger partial charge on any atom is 0.443 e. The van der Waals surface area contributed by atoms with Gasteiger partial charge in [-0.05, 0) is 11.8 Å². The largest absolute Gasteiger partial charge is 0.443 e. The second kappa shape index (κ2) is 3.53. The van der Waals surface area contributed by atoms with Crippen LogP contribution in [0.3, 0.4) is 0 Å². The molecular formula is C9H12F3NS. The van der Waals surface area contributed by atoms with E-state index in [0.29, 0.717) is 23.5 Å². The maximum atomic E-state index is 12.2. The van der Waals surface area contributed by atoms with E-state index in [4.69, 9.17) is 0 Å². The molecule has 0 aliphatic heterocycles. The van der Waals surface area contributed by atoms with Crippen molar-refractivity contribution in [3.63, 3.8) is 0 Å². The third kappa shape index (κ3) is 3.29. The van der Waals surface area contributed by atoms with Gasteiger partial charge in [-0.15, -0.1) is 11.3 Å². The standard InChI is InChI=1S/C9H12F3NS/c1-8(2,3)4-6-5-14-7(13-6)9(10,11)12/h5H,4H2,1-3H3. The van der Waals surface area contributed by atoms with Crippen LogP contribution in [0.2, 0.25) is 0 Å². The summed E-state index contributed by atoms with van der Waals surface area (Å²) in [6.07, 6.45) is -3.74. The fourth-order valence-corrected chi connectivity index (χ4v) is 1.75. The lowest BCUT2D eigenvalue weighted by molar-refractivity contribution is -0.137. The molecule has 0 saturated heterocycles. The van der Waals surface area contributed by atoms with Crippen LogP contribution < -0.4 is 0 Å². The topological polar surface area (TPSA) is 12.9 Å². The van der Waals surface area contributed by atoms with Gasteiger partial charge in [-0.1, -0.05) is 20.8 Å². The zero-order chi connectivity index (χ0) is 11.0. The van der Waals surface area contributed by atoms with E-state index in [9.17, 15) is 13.2 Å². The summed E-state index contributed by atoms with van der Waals surface area (Å²) in [5.41, 5.74) is 0.492. The predicted octanol–water partition coefficient (Wildman–Crippen LogP) is 3.75. The van der Waals surface area contributed by atoms with Crippen LogP contribution >= 0.6 is 11.3 Å². The molecule has 1 aromatic heterocycles. The number of hydrogen-bond donors (Lipinski definition) is 0. The lowest BCUT2D eigenvalue weighted by Crippen LogP contribution is -2.10. The molecule has 0 aliphatic carbocycles. The van der Waals surface area contributed by atoms with E-state index in [2.05, 4.69) is 4.98 Å². The van der Waals surface area contributed by atoms with Gasteiger partial charge in [-0.2, -0.15) is 13.2 Å². The van der Waals surface area contributed by atoms with Crippen molar-refractivity contribution in [2.45, 2.75) is 33.4 Å². The molecule has 0 aliphatic rings. The van der Waals surface area contributed by atoms with Crippen LogP contribution in [0.15, 0.2) is 5.38 Å². The lowest BCUT2D eigenvalue weighted by atomic mass is 9.91. The fraction of sp³-hybridized carbons (Fsp3) is 0.667. The zero-order valence-electron chi connectivity index (χ0n) is 8.27. The quantitative estimate of drug-likeness (QED) is 0.706. The average Bonchev–Trinajstić information content (AvgIpc) is 2.29. The molecule has 80 valence electrons. The molecule has 0 spiro atoms. The molecule has 0 N–H and O–H groups in total. The number of nitrogens with zero attached hydrogens (tertiary/aromatic N) is 1. The first-order valence-corrected chi connectivity index (χ1v) is 5.08. The number of rotatable bonds is 1. The Morgan fingerprint density at radius 3 is 2.21 bits per heavy atom. The highest BCUT2D eigenvalue weighted by Crippen LogP contribution is 2.32. The van der Waals surface area contributed by atoms with Gasteiger partial charge in [0.25, 0.3) is 0 Å². The molecular weight excluding hydrogens is 211 g/mol. The molecule has 0 aromatic carbocycles. The highest BCUT2D eigenvalue weighted by molar-refractivity contribution is 7.09. The van der Waals surface area contributed by atoms with Gasteiger partial charge in [0.05, 0.1) is 5.69 Å². The number of aromatic nitrogens is 1. The van der Waals surface area contributed by atoms with Crippen molar-refractivity contribution in [2.75, 3.05) is 0 Å². The molecule has 1 heterocycles. The van der Waals surface area contributed by atoms with E-state index < -0.39 is 11.2 Å². The molecule has 0 atom stereocenters. The number of hydrogen-bond acceptors (Lipinski definition) is 2. The molecule has 0 bridgehead atoms. The van der Waals surface area contributed by atoms with Gasteiger partial charge in [-0.3, -0.25) is 0 Å².